The van der Waals surface area contributed by atoms with Crippen molar-refractivity contribution in [1.82, 2.24) is 5.48 Å². The van der Waals surface area contributed by atoms with Crippen molar-refractivity contribution < 1.29 is 23.8 Å². The summed E-state index contributed by atoms with van der Waals surface area (Å²) in [5, 5.41) is 0. The molecule has 2 aromatic carbocycles. The van der Waals surface area contributed by atoms with Crippen molar-refractivity contribution in [2.24, 2.45) is 0 Å². The van der Waals surface area contributed by atoms with Crippen molar-refractivity contribution in [3.8, 4) is 11.5 Å². The molecule has 10 heteroatoms. The molecule has 0 aliphatic rings. The van der Waals surface area contributed by atoms with E-state index in [-0.39, 0.29) is 18.9 Å². The van der Waals surface area contributed by atoms with Crippen LogP contribution in [-0.2, 0) is 25.5 Å². The molecule has 0 spiro atoms. The monoisotopic (exact) mass is 877 g/mol. The van der Waals surface area contributed by atoms with Crippen LogP contribution >= 0.6 is 90.4 Å². The van der Waals surface area contributed by atoms with Crippen molar-refractivity contribution in [3.63, 3.8) is 0 Å². The van der Waals surface area contributed by atoms with Gasteiger partial charge < -0.3 is 14.2 Å². The summed E-state index contributed by atoms with van der Waals surface area (Å²) in [4.78, 5) is 17.3. The summed E-state index contributed by atoms with van der Waals surface area (Å²) >= 11 is 9.02. The van der Waals surface area contributed by atoms with E-state index < -0.39 is 0 Å². The van der Waals surface area contributed by atoms with Gasteiger partial charge in [0, 0.05) is 13.7 Å². The minimum atomic E-state index is -0.210. The van der Waals surface area contributed by atoms with Gasteiger partial charge in [-0.25, -0.2) is 5.48 Å². The first-order chi connectivity index (χ1) is 14.9. The Bertz CT molecular complexity index is 822. The minimum Gasteiger partial charge on any atom is -0.455 e. The zero-order valence-corrected chi connectivity index (χ0v) is 25.5. The second kappa shape index (κ2) is 15.4. The van der Waals surface area contributed by atoms with Gasteiger partial charge in [-0.2, -0.15) is 0 Å². The van der Waals surface area contributed by atoms with Gasteiger partial charge in [0.2, 0.25) is 5.91 Å². The van der Waals surface area contributed by atoms with Crippen LogP contribution in [0.3, 0.4) is 0 Å². The molecule has 0 radical (unpaired) electrons. The normalized spacial score (nSPS) is 10.9. The van der Waals surface area contributed by atoms with E-state index in [0.29, 0.717) is 19.8 Å². The van der Waals surface area contributed by atoms with Gasteiger partial charge in [0.25, 0.3) is 0 Å². The first kappa shape index (κ1) is 27.8. The SMILES string of the molecule is CCCOCCOCCONC(=O)Cc1cc(I)c(Oc2cc(I)cc(I)c2)c(I)c1. The molecule has 170 valence electrons. The number of amides is 1. The summed E-state index contributed by atoms with van der Waals surface area (Å²) in [7, 11) is 0. The van der Waals surface area contributed by atoms with Gasteiger partial charge in [-0.15, -0.1) is 0 Å². The smallest absolute Gasteiger partial charge is 0.247 e. The van der Waals surface area contributed by atoms with Crippen LogP contribution in [0.5, 0.6) is 11.5 Å². The summed E-state index contributed by atoms with van der Waals surface area (Å²) < 4.78 is 20.9. The molecular formula is C21H23I4NO5. The van der Waals surface area contributed by atoms with Crippen LogP contribution in [-0.4, -0.2) is 38.9 Å². The molecule has 0 atom stereocenters. The number of hydrogen-bond acceptors (Lipinski definition) is 5. The summed E-state index contributed by atoms with van der Waals surface area (Å²) in [5.41, 5.74) is 3.35. The fraction of sp³-hybridized carbons (Fsp3) is 0.381. The van der Waals surface area contributed by atoms with Gasteiger partial charge in [0.15, 0.2) is 5.75 Å². The number of rotatable bonds is 13. The van der Waals surface area contributed by atoms with Crippen molar-refractivity contribution >= 4 is 96.3 Å². The predicted molar refractivity (Wildman–Crippen MR) is 154 cm³/mol. The van der Waals surface area contributed by atoms with Gasteiger partial charge in [-0.05, 0) is 133 Å². The molecule has 0 bridgehead atoms. The third kappa shape index (κ3) is 11.0. The third-order valence-electron chi connectivity index (χ3n) is 3.71. The van der Waals surface area contributed by atoms with Crippen LogP contribution in [0.15, 0.2) is 30.3 Å². The summed E-state index contributed by atoms with van der Waals surface area (Å²) in [5.74, 6) is 1.38. The lowest BCUT2D eigenvalue weighted by Crippen LogP contribution is -2.27. The zero-order chi connectivity index (χ0) is 22.6. The lowest BCUT2D eigenvalue weighted by molar-refractivity contribution is -0.134. The number of nitrogens with one attached hydrogen (secondary N) is 1. The molecule has 0 unspecified atom stereocenters. The summed E-state index contributed by atoms with van der Waals surface area (Å²) in [6.45, 7) is 4.58. The van der Waals surface area contributed by atoms with Gasteiger partial charge in [-0.3, -0.25) is 9.63 Å². The Morgan fingerprint density at radius 3 is 2.03 bits per heavy atom. The van der Waals surface area contributed by atoms with Crippen LogP contribution < -0.4 is 10.2 Å². The van der Waals surface area contributed by atoms with E-state index in [2.05, 4.69) is 109 Å². The van der Waals surface area contributed by atoms with E-state index in [1.807, 2.05) is 24.3 Å². The molecule has 2 aromatic rings. The van der Waals surface area contributed by atoms with Crippen molar-refractivity contribution in [3.05, 3.63) is 50.2 Å². The van der Waals surface area contributed by atoms with Crippen LogP contribution in [0.1, 0.15) is 18.9 Å². The van der Waals surface area contributed by atoms with Crippen molar-refractivity contribution in [2.45, 2.75) is 19.8 Å². The topological polar surface area (TPSA) is 66.0 Å². The minimum absolute atomic E-state index is 0.210. The maximum Gasteiger partial charge on any atom is 0.247 e. The Morgan fingerprint density at radius 2 is 1.42 bits per heavy atom. The average molecular weight is 877 g/mol. The van der Waals surface area contributed by atoms with E-state index in [4.69, 9.17) is 19.0 Å². The largest absolute Gasteiger partial charge is 0.455 e. The predicted octanol–water partition coefficient (Wildman–Crippen LogP) is 5.93. The van der Waals surface area contributed by atoms with E-state index in [1.54, 1.807) is 0 Å². The quantitative estimate of drug-likeness (QED) is 0.154. The first-order valence-corrected chi connectivity index (χ1v) is 13.9. The molecule has 2 rings (SSSR count). The van der Waals surface area contributed by atoms with Crippen LogP contribution in [0.4, 0.5) is 0 Å². The Balaban J connectivity index is 1.79. The average Bonchev–Trinajstić information content (AvgIpc) is 2.69. The van der Waals surface area contributed by atoms with Gasteiger partial charge in [0.1, 0.15) is 5.75 Å². The Hall–Kier alpha value is 0.510. The molecule has 31 heavy (non-hydrogen) atoms. The number of carbonyl (C=O) groups excluding carboxylic acids is 1. The lowest BCUT2D eigenvalue weighted by Gasteiger charge is -2.13. The fourth-order valence-electron chi connectivity index (χ4n) is 2.44. The number of hydrogen-bond donors (Lipinski definition) is 1. The van der Waals surface area contributed by atoms with Gasteiger partial charge in [-0.1, -0.05) is 6.92 Å². The second-order valence-electron chi connectivity index (χ2n) is 6.37. The van der Waals surface area contributed by atoms with E-state index >= 15 is 0 Å². The van der Waals surface area contributed by atoms with Crippen molar-refractivity contribution in [2.75, 3.05) is 33.0 Å². The first-order valence-electron chi connectivity index (χ1n) is 9.57. The highest BCUT2D eigenvalue weighted by Crippen LogP contribution is 2.34. The van der Waals surface area contributed by atoms with Crippen molar-refractivity contribution in [1.29, 1.82) is 0 Å². The third-order valence-corrected chi connectivity index (χ3v) is 6.56. The molecule has 0 saturated carbocycles. The summed E-state index contributed by atoms with van der Waals surface area (Å²) in [6.07, 6.45) is 1.22. The molecule has 0 aliphatic carbocycles. The molecular weight excluding hydrogens is 854 g/mol. The van der Waals surface area contributed by atoms with E-state index in [9.17, 15) is 4.79 Å². The molecule has 0 fully saturated rings. The Labute approximate surface area is 237 Å². The molecule has 0 heterocycles. The molecule has 0 aliphatic heterocycles. The summed E-state index contributed by atoms with van der Waals surface area (Å²) in [6, 6.07) is 9.98. The van der Waals surface area contributed by atoms with Crippen LogP contribution in [0.2, 0.25) is 0 Å². The number of carbonyl (C=O) groups is 1. The molecule has 6 nitrogen and oxygen atoms in total. The van der Waals surface area contributed by atoms with Gasteiger partial charge >= 0.3 is 0 Å². The second-order valence-corrected chi connectivity index (χ2v) is 11.2. The standard InChI is InChI=1S/C21H23I4NO5/c1-2-3-28-4-5-29-6-7-30-26-20(27)10-14-8-18(24)21(19(25)9-14)31-17-12-15(22)11-16(23)13-17/h8-9,11-13H,2-7,10H2,1H3,(H,26,27). The number of benzene rings is 2. The zero-order valence-electron chi connectivity index (χ0n) is 16.9. The molecule has 0 aromatic heterocycles. The highest BCUT2D eigenvalue weighted by molar-refractivity contribution is 14.1. The fourth-order valence-corrected chi connectivity index (χ4v) is 6.44. The molecule has 1 N–H and O–H groups in total. The van der Waals surface area contributed by atoms with Crippen LogP contribution in [0, 0.1) is 14.3 Å². The highest BCUT2D eigenvalue weighted by Gasteiger charge is 2.13. The molecule has 1 amide bonds. The molecule has 0 saturated heterocycles. The van der Waals surface area contributed by atoms with Crippen LogP contribution in [0.25, 0.3) is 0 Å². The maximum absolute atomic E-state index is 12.2. The Kier molecular flexibility index (Phi) is 13.8. The van der Waals surface area contributed by atoms with E-state index in [1.165, 1.54) is 0 Å². The Morgan fingerprint density at radius 1 is 0.839 bits per heavy atom. The number of hydroxylamine groups is 1. The van der Waals surface area contributed by atoms with Gasteiger partial charge in [0.05, 0.1) is 40.0 Å². The van der Waals surface area contributed by atoms with E-state index in [0.717, 1.165) is 44.4 Å². The maximum atomic E-state index is 12.2. The lowest BCUT2D eigenvalue weighted by atomic mass is 10.1. The highest BCUT2D eigenvalue weighted by atomic mass is 127. The number of halogens is 4. The number of ether oxygens (including phenoxy) is 3.